The van der Waals surface area contributed by atoms with E-state index in [9.17, 15) is 0 Å². The van der Waals surface area contributed by atoms with Gasteiger partial charge in [-0.05, 0) is 44.0 Å². The van der Waals surface area contributed by atoms with Gasteiger partial charge >= 0.3 is 0 Å². The number of hydrogen-bond acceptors (Lipinski definition) is 2. The predicted octanol–water partition coefficient (Wildman–Crippen LogP) is 3.51. The van der Waals surface area contributed by atoms with Crippen molar-refractivity contribution in [2.24, 2.45) is 0 Å². The van der Waals surface area contributed by atoms with Crippen LogP contribution in [-0.2, 0) is 6.54 Å². The van der Waals surface area contributed by atoms with Crippen LogP contribution >= 0.6 is 15.9 Å². The van der Waals surface area contributed by atoms with Crippen LogP contribution in [0.4, 0.5) is 0 Å². The molecular weight excluding hydrogens is 300 g/mol. The van der Waals surface area contributed by atoms with E-state index in [1.807, 2.05) is 0 Å². The third-order valence-electron chi connectivity index (χ3n) is 4.59. The summed E-state index contributed by atoms with van der Waals surface area (Å²) in [6.07, 6.45) is 4.21. The highest BCUT2D eigenvalue weighted by Crippen LogP contribution is 2.25. The molecule has 104 valence electrons. The van der Waals surface area contributed by atoms with Gasteiger partial charge in [-0.1, -0.05) is 34.5 Å². The zero-order valence-electron chi connectivity index (χ0n) is 11.7. The largest absolute Gasteiger partial charge is 0.298 e. The van der Waals surface area contributed by atoms with Gasteiger partial charge in [-0.15, -0.1) is 0 Å². The zero-order valence-corrected chi connectivity index (χ0v) is 13.3. The normalized spacial score (nSPS) is 29.2. The van der Waals surface area contributed by atoms with E-state index in [1.54, 1.807) is 0 Å². The number of fused-ring (bicyclic) bond motifs is 1. The van der Waals surface area contributed by atoms with Crippen molar-refractivity contribution in [3.63, 3.8) is 0 Å². The lowest BCUT2D eigenvalue weighted by Gasteiger charge is -2.47. The first kappa shape index (κ1) is 13.6. The molecule has 0 N–H and O–H groups in total. The quantitative estimate of drug-likeness (QED) is 0.822. The van der Waals surface area contributed by atoms with Crippen LogP contribution < -0.4 is 0 Å². The SMILES string of the molecule is C[C@H]1CN2CCCC[C@@H]2CN1Cc1cccc(Br)c1. The average Bonchev–Trinajstić information content (AvgIpc) is 2.40. The van der Waals surface area contributed by atoms with Gasteiger partial charge in [0.25, 0.3) is 0 Å². The first-order valence-electron chi connectivity index (χ1n) is 7.45. The number of piperazine rings is 1. The summed E-state index contributed by atoms with van der Waals surface area (Å²) >= 11 is 3.57. The van der Waals surface area contributed by atoms with Gasteiger partial charge in [-0.3, -0.25) is 9.80 Å². The summed E-state index contributed by atoms with van der Waals surface area (Å²) in [7, 11) is 0. The molecular formula is C16H23BrN2. The monoisotopic (exact) mass is 322 g/mol. The second-order valence-electron chi connectivity index (χ2n) is 6.05. The maximum atomic E-state index is 3.57. The molecule has 0 amide bonds. The third kappa shape index (κ3) is 3.21. The fraction of sp³-hybridized carbons (Fsp3) is 0.625. The van der Waals surface area contributed by atoms with Gasteiger partial charge in [0.15, 0.2) is 0 Å². The van der Waals surface area contributed by atoms with Crippen molar-refractivity contribution in [2.75, 3.05) is 19.6 Å². The summed E-state index contributed by atoms with van der Waals surface area (Å²) in [5.41, 5.74) is 1.42. The summed E-state index contributed by atoms with van der Waals surface area (Å²) in [6.45, 7) is 7.28. The molecule has 2 aliphatic rings. The minimum absolute atomic E-state index is 0.674. The van der Waals surface area contributed by atoms with Crippen molar-refractivity contribution >= 4 is 15.9 Å². The minimum Gasteiger partial charge on any atom is -0.298 e. The van der Waals surface area contributed by atoms with Crippen molar-refractivity contribution in [3.8, 4) is 0 Å². The van der Waals surface area contributed by atoms with E-state index in [1.165, 1.54) is 48.9 Å². The molecule has 0 unspecified atom stereocenters. The highest BCUT2D eigenvalue weighted by molar-refractivity contribution is 9.10. The van der Waals surface area contributed by atoms with Crippen LogP contribution in [-0.4, -0.2) is 41.5 Å². The molecule has 2 fully saturated rings. The van der Waals surface area contributed by atoms with Crippen molar-refractivity contribution in [2.45, 2.75) is 44.8 Å². The number of rotatable bonds is 2. The third-order valence-corrected chi connectivity index (χ3v) is 5.08. The Hall–Kier alpha value is -0.380. The van der Waals surface area contributed by atoms with E-state index in [0.29, 0.717) is 6.04 Å². The first-order valence-corrected chi connectivity index (χ1v) is 8.24. The maximum Gasteiger partial charge on any atom is 0.0238 e. The Labute approximate surface area is 124 Å². The van der Waals surface area contributed by atoms with Crippen LogP contribution in [0.25, 0.3) is 0 Å². The predicted molar refractivity (Wildman–Crippen MR) is 83.2 cm³/mol. The molecule has 0 aliphatic carbocycles. The van der Waals surface area contributed by atoms with E-state index in [4.69, 9.17) is 0 Å². The minimum atomic E-state index is 0.674. The van der Waals surface area contributed by atoms with Crippen molar-refractivity contribution in [3.05, 3.63) is 34.3 Å². The number of hydrogen-bond donors (Lipinski definition) is 0. The Morgan fingerprint density at radius 2 is 2.16 bits per heavy atom. The fourth-order valence-electron chi connectivity index (χ4n) is 3.50. The lowest BCUT2D eigenvalue weighted by atomic mass is 9.97. The van der Waals surface area contributed by atoms with Crippen LogP contribution in [0, 0.1) is 0 Å². The number of nitrogens with zero attached hydrogens (tertiary/aromatic N) is 2. The Morgan fingerprint density at radius 1 is 1.26 bits per heavy atom. The molecule has 2 nitrogen and oxygen atoms in total. The van der Waals surface area contributed by atoms with Crippen LogP contribution in [0.3, 0.4) is 0 Å². The molecule has 0 aromatic heterocycles. The lowest BCUT2D eigenvalue weighted by Crippen LogP contribution is -2.58. The van der Waals surface area contributed by atoms with E-state index in [0.717, 1.165) is 12.6 Å². The van der Waals surface area contributed by atoms with Gasteiger partial charge in [0.2, 0.25) is 0 Å². The van der Waals surface area contributed by atoms with Gasteiger partial charge in [0.05, 0.1) is 0 Å². The van der Waals surface area contributed by atoms with Gasteiger partial charge < -0.3 is 0 Å². The highest BCUT2D eigenvalue weighted by Gasteiger charge is 2.32. The van der Waals surface area contributed by atoms with Gasteiger partial charge in [-0.25, -0.2) is 0 Å². The molecule has 0 spiro atoms. The first-order chi connectivity index (χ1) is 9.22. The molecule has 0 bridgehead atoms. The Balaban J connectivity index is 1.67. The average molecular weight is 323 g/mol. The molecule has 0 radical (unpaired) electrons. The van der Waals surface area contributed by atoms with Gasteiger partial charge in [0.1, 0.15) is 0 Å². The molecule has 1 aromatic carbocycles. The van der Waals surface area contributed by atoms with E-state index in [2.05, 4.69) is 56.9 Å². The molecule has 19 heavy (non-hydrogen) atoms. The Kier molecular flexibility index (Phi) is 4.25. The molecule has 2 aliphatic heterocycles. The number of halogens is 1. The Bertz CT molecular complexity index is 435. The molecule has 2 heterocycles. The van der Waals surface area contributed by atoms with Crippen LogP contribution in [0.5, 0.6) is 0 Å². The van der Waals surface area contributed by atoms with Crippen LogP contribution in [0.15, 0.2) is 28.7 Å². The van der Waals surface area contributed by atoms with Crippen molar-refractivity contribution in [1.29, 1.82) is 0 Å². The van der Waals surface area contributed by atoms with Gasteiger partial charge in [-0.2, -0.15) is 0 Å². The molecule has 3 heteroatoms. The van der Waals surface area contributed by atoms with Crippen molar-refractivity contribution in [1.82, 2.24) is 9.80 Å². The molecule has 2 saturated heterocycles. The summed E-state index contributed by atoms with van der Waals surface area (Å²) in [4.78, 5) is 5.37. The van der Waals surface area contributed by atoms with E-state index < -0.39 is 0 Å². The van der Waals surface area contributed by atoms with E-state index in [-0.39, 0.29) is 0 Å². The molecule has 1 aromatic rings. The smallest absolute Gasteiger partial charge is 0.0238 e. The fourth-order valence-corrected chi connectivity index (χ4v) is 3.95. The van der Waals surface area contributed by atoms with Crippen LogP contribution in [0.1, 0.15) is 31.7 Å². The van der Waals surface area contributed by atoms with Gasteiger partial charge in [0, 0.05) is 36.2 Å². The number of benzene rings is 1. The second-order valence-corrected chi connectivity index (χ2v) is 6.97. The molecule has 0 saturated carbocycles. The summed E-state index contributed by atoms with van der Waals surface area (Å²) in [6, 6.07) is 10.2. The maximum absolute atomic E-state index is 3.57. The zero-order chi connectivity index (χ0) is 13.2. The highest BCUT2D eigenvalue weighted by atomic mass is 79.9. The molecule has 2 atom stereocenters. The van der Waals surface area contributed by atoms with Crippen LogP contribution in [0.2, 0.25) is 0 Å². The Morgan fingerprint density at radius 3 is 3.00 bits per heavy atom. The topological polar surface area (TPSA) is 6.48 Å². The summed E-state index contributed by atoms with van der Waals surface area (Å²) in [5.74, 6) is 0. The van der Waals surface area contributed by atoms with E-state index >= 15 is 0 Å². The summed E-state index contributed by atoms with van der Waals surface area (Å²) in [5, 5.41) is 0. The number of piperidine rings is 1. The lowest BCUT2D eigenvalue weighted by molar-refractivity contribution is 0.0111. The second kappa shape index (κ2) is 5.94. The van der Waals surface area contributed by atoms with Crippen molar-refractivity contribution < 1.29 is 0 Å². The standard InChI is InChI=1S/C16H23BrN2/c1-13-10-18-8-3-2-7-16(18)12-19(13)11-14-5-4-6-15(17)9-14/h4-6,9,13,16H,2-3,7-8,10-12H2,1H3/t13-,16+/m0/s1. The molecule has 3 rings (SSSR count). The summed E-state index contributed by atoms with van der Waals surface area (Å²) < 4.78 is 1.19.